The van der Waals surface area contributed by atoms with Crippen LogP contribution in [0.5, 0.6) is 5.75 Å². The normalized spacial score (nSPS) is 10.6. The topological polar surface area (TPSA) is 81.9 Å². The van der Waals surface area contributed by atoms with Gasteiger partial charge in [0.25, 0.3) is 5.91 Å². The van der Waals surface area contributed by atoms with E-state index in [1.807, 2.05) is 62.6 Å². The maximum atomic E-state index is 13.0. The molecule has 2 aromatic carbocycles. The van der Waals surface area contributed by atoms with Gasteiger partial charge >= 0.3 is 0 Å². The fourth-order valence-electron chi connectivity index (χ4n) is 3.15. The second-order valence-corrected chi connectivity index (χ2v) is 6.93. The van der Waals surface area contributed by atoms with Crippen molar-refractivity contribution in [2.24, 2.45) is 7.05 Å². The van der Waals surface area contributed by atoms with Crippen LogP contribution in [0.25, 0.3) is 11.1 Å². The summed E-state index contributed by atoms with van der Waals surface area (Å²) in [6.07, 6.45) is 6.76. The van der Waals surface area contributed by atoms with Crippen LogP contribution in [0.1, 0.15) is 21.5 Å². The molecule has 30 heavy (non-hydrogen) atoms. The first kappa shape index (κ1) is 19.3. The molecule has 7 heteroatoms. The first-order chi connectivity index (χ1) is 14.6. The second-order valence-electron chi connectivity index (χ2n) is 6.93. The summed E-state index contributed by atoms with van der Waals surface area (Å²) in [7, 11) is 1.87. The zero-order valence-corrected chi connectivity index (χ0v) is 16.7. The van der Waals surface area contributed by atoms with Crippen molar-refractivity contribution in [1.82, 2.24) is 20.0 Å². The van der Waals surface area contributed by atoms with E-state index in [0.717, 1.165) is 22.3 Å². The highest BCUT2D eigenvalue weighted by Crippen LogP contribution is 2.32. The van der Waals surface area contributed by atoms with Crippen LogP contribution < -0.4 is 10.1 Å². The zero-order chi connectivity index (χ0) is 20.9. The maximum absolute atomic E-state index is 13.0. The number of amides is 1. The fourth-order valence-corrected chi connectivity index (χ4v) is 3.15. The summed E-state index contributed by atoms with van der Waals surface area (Å²) in [5.41, 5.74) is 4.92. The Labute approximate surface area is 174 Å². The molecular weight excluding hydrogens is 378 g/mol. The molecule has 0 fully saturated rings. The van der Waals surface area contributed by atoms with E-state index >= 15 is 0 Å². The van der Waals surface area contributed by atoms with Gasteiger partial charge in [-0.15, -0.1) is 0 Å². The summed E-state index contributed by atoms with van der Waals surface area (Å²) in [4.78, 5) is 13.0. The van der Waals surface area contributed by atoms with E-state index < -0.39 is 0 Å². The van der Waals surface area contributed by atoms with Gasteiger partial charge in [0, 0.05) is 18.8 Å². The Balaban J connectivity index is 1.69. The number of benzene rings is 2. The second kappa shape index (κ2) is 8.57. The van der Waals surface area contributed by atoms with Crippen LogP contribution in [-0.4, -0.2) is 25.9 Å². The summed E-state index contributed by atoms with van der Waals surface area (Å²) in [5, 5.41) is 14.6. The monoisotopic (exact) mass is 399 g/mol. The number of aromatic nitrogens is 4. The molecule has 0 atom stereocenters. The third-order valence-electron chi connectivity index (χ3n) is 4.67. The average Bonchev–Trinajstić information content (AvgIpc) is 3.20. The molecule has 2 heterocycles. The van der Waals surface area contributed by atoms with E-state index in [4.69, 9.17) is 4.74 Å². The number of aryl methyl sites for hydroxylation is 2. The molecular formula is C23H21N5O2. The minimum absolute atomic E-state index is 0.271. The number of ether oxygens (including phenoxy) is 1. The van der Waals surface area contributed by atoms with Crippen molar-refractivity contribution in [3.8, 4) is 16.9 Å². The summed E-state index contributed by atoms with van der Waals surface area (Å²) >= 11 is 0. The Morgan fingerprint density at radius 1 is 1.10 bits per heavy atom. The highest BCUT2D eigenvalue weighted by atomic mass is 16.5. The predicted octanol–water partition coefficient (Wildman–Crippen LogP) is 4.02. The number of hydrogen-bond donors (Lipinski definition) is 1. The number of carbonyl (C=O) groups excluding carboxylic acids is 1. The van der Waals surface area contributed by atoms with Crippen molar-refractivity contribution < 1.29 is 9.53 Å². The van der Waals surface area contributed by atoms with Crippen molar-refractivity contribution in [3.05, 3.63) is 90.0 Å². The third-order valence-corrected chi connectivity index (χ3v) is 4.67. The third kappa shape index (κ3) is 4.35. The molecule has 1 amide bonds. The fraction of sp³-hybridized carbons (Fsp3) is 0.130. The summed E-state index contributed by atoms with van der Waals surface area (Å²) in [5.74, 6) is 0.231. The SMILES string of the molecule is Cc1cc(C(=O)Nc2ccnnc2)c(OCc2ccccc2)cc1-c1cnn(C)c1. The van der Waals surface area contributed by atoms with E-state index in [2.05, 4.69) is 20.6 Å². The molecule has 1 N–H and O–H groups in total. The average molecular weight is 399 g/mol. The van der Waals surface area contributed by atoms with Crippen LogP contribution in [0.3, 0.4) is 0 Å². The standard InChI is InChI=1S/C23H21N5O2/c1-16-10-21(23(29)27-19-8-9-24-25-13-19)22(30-15-17-6-4-3-5-7-17)11-20(16)18-12-26-28(2)14-18/h3-14H,15H2,1-2H3,(H,24,27,29). The molecule has 4 rings (SSSR count). The van der Waals surface area contributed by atoms with Crippen molar-refractivity contribution >= 4 is 11.6 Å². The lowest BCUT2D eigenvalue weighted by atomic mass is 9.99. The Hall–Kier alpha value is -4.00. The van der Waals surface area contributed by atoms with Crippen molar-refractivity contribution in [2.45, 2.75) is 13.5 Å². The molecule has 0 aliphatic carbocycles. The van der Waals surface area contributed by atoms with Crippen LogP contribution in [0.2, 0.25) is 0 Å². The van der Waals surface area contributed by atoms with Crippen LogP contribution in [-0.2, 0) is 13.7 Å². The van der Waals surface area contributed by atoms with Gasteiger partial charge in [0.15, 0.2) is 0 Å². The van der Waals surface area contributed by atoms with Gasteiger partial charge in [-0.1, -0.05) is 30.3 Å². The maximum Gasteiger partial charge on any atom is 0.259 e. The quantitative estimate of drug-likeness (QED) is 0.530. The Morgan fingerprint density at radius 3 is 2.63 bits per heavy atom. The van der Waals surface area contributed by atoms with Gasteiger partial charge in [-0.3, -0.25) is 9.48 Å². The highest BCUT2D eigenvalue weighted by Gasteiger charge is 2.18. The molecule has 0 saturated heterocycles. The Bertz CT molecular complexity index is 1160. The van der Waals surface area contributed by atoms with Crippen molar-refractivity contribution in [2.75, 3.05) is 5.32 Å². The van der Waals surface area contributed by atoms with Crippen molar-refractivity contribution in [1.29, 1.82) is 0 Å². The number of anilines is 1. The summed E-state index contributed by atoms with van der Waals surface area (Å²) in [6, 6.07) is 15.3. The largest absolute Gasteiger partial charge is 0.488 e. The highest BCUT2D eigenvalue weighted by molar-refractivity contribution is 6.06. The lowest BCUT2D eigenvalue weighted by Crippen LogP contribution is -2.14. The lowest BCUT2D eigenvalue weighted by Gasteiger charge is -2.15. The van der Waals surface area contributed by atoms with Gasteiger partial charge in [-0.05, 0) is 41.8 Å². The number of carbonyl (C=O) groups is 1. The van der Waals surface area contributed by atoms with E-state index in [1.165, 1.54) is 12.4 Å². The van der Waals surface area contributed by atoms with E-state index in [0.29, 0.717) is 23.6 Å². The van der Waals surface area contributed by atoms with Crippen LogP contribution in [0.4, 0.5) is 5.69 Å². The van der Waals surface area contributed by atoms with Crippen LogP contribution in [0.15, 0.2) is 73.3 Å². The molecule has 0 saturated carbocycles. The number of rotatable bonds is 6. The Morgan fingerprint density at radius 2 is 1.93 bits per heavy atom. The first-order valence-electron chi connectivity index (χ1n) is 9.48. The minimum Gasteiger partial charge on any atom is -0.488 e. The van der Waals surface area contributed by atoms with Gasteiger partial charge in [-0.2, -0.15) is 15.3 Å². The summed E-state index contributed by atoms with van der Waals surface area (Å²) < 4.78 is 7.84. The molecule has 7 nitrogen and oxygen atoms in total. The zero-order valence-electron chi connectivity index (χ0n) is 16.7. The van der Waals surface area contributed by atoms with Crippen LogP contribution >= 0.6 is 0 Å². The van der Waals surface area contributed by atoms with Crippen LogP contribution in [0, 0.1) is 6.92 Å². The molecule has 150 valence electrons. The summed E-state index contributed by atoms with van der Waals surface area (Å²) in [6.45, 7) is 2.32. The lowest BCUT2D eigenvalue weighted by molar-refractivity contribution is 0.102. The molecule has 0 radical (unpaired) electrons. The van der Waals surface area contributed by atoms with E-state index in [1.54, 1.807) is 16.9 Å². The van der Waals surface area contributed by atoms with Gasteiger partial charge in [0.05, 0.1) is 29.8 Å². The molecule has 0 bridgehead atoms. The van der Waals surface area contributed by atoms with Gasteiger partial charge in [-0.25, -0.2) is 0 Å². The van der Waals surface area contributed by atoms with E-state index in [-0.39, 0.29) is 5.91 Å². The predicted molar refractivity (Wildman–Crippen MR) is 114 cm³/mol. The molecule has 0 unspecified atom stereocenters. The van der Waals surface area contributed by atoms with Gasteiger partial charge in [0.1, 0.15) is 12.4 Å². The molecule has 0 aliphatic rings. The van der Waals surface area contributed by atoms with Gasteiger partial charge in [0.2, 0.25) is 0 Å². The first-order valence-corrected chi connectivity index (χ1v) is 9.48. The number of nitrogens with one attached hydrogen (secondary N) is 1. The molecule has 2 aromatic heterocycles. The van der Waals surface area contributed by atoms with Gasteiger partial charge < -0.3 is 10.1 Å². The van der Waals surface area contributed by atoms with E-state index in [9.17, 15) is 4.79 Å². The smallest absolute Gasteiger partial charge is 0.259 e. The number of nitrogens with zero attached hydrogens (tertiary/aromatic N) is 4. The molecule has 0 aliphatic heterocycles. The van der Waals surface area contributed by atoms with Crippen molar-refractivity contribution in [3.63, 3.8) is 0 Å². The minimum atomic E-state index is -0.271. The number of hydrogen-bond acceptors (Lipinski definition) is 5. The molecule has 0 spiro atoms. The Kier molecular flexibility index (Phi) is 5.52. The molecule has 4 aromatic rings.